The molecule has 0 aliphatic rings. The summed E-state index contributed by atoms with van der Waals surface area (Å²) >= 11 is 3.49. The first-order chi connectivity index (χ1) is 19.4. The van der Waals surface area contributed by atoms with E-state index in [0.717, 1.165) is 5.56 Å². The molecular formula is C32H26BrN3O4. The number of rotatable bonds is 9. The fourth-order valence-electron chi connectivity index (χ4n) is 3.94. The zero-order valence-electron chi connectivity index (χ0n) is 21.9. The summed E-state index contributed by atoms with van der Waals surface area (Å²) < 4.78 is 12.0. The van der Waals surface area contributed by atoms with Gasteiger partial charge in [-0.1, -0.05) is 70.5 Å². The number of carbonyl (C=O) groups excluding carboxylic acids is 2. The number of amides is 2. The molecule has 7 nitrogen and oxygen atoms in total. The minimum atomic E-state index is -0.532. The maximum Gasteiger partial charge on any atom is 0.269 e. The average molecular weight is 596 g/mol. The van der Waals surface area contributed by atoms with Crippen LogP contribution in [0.15, 0.2) is 107 Å². The Morgan fingerprint density at radius 3 is 2.10 bits per heavy atom. The van der Waals surface area contributed by atoms with E-state index in [2.05, 4.69) is 21.2 Å². The summed E-state index contributed by atoms with van der Waals surface area (Å²) in [6.45, 7) is 1.61. The Balaban J connectivity index is 1.55. The lowest BCUT2D eigenvalue weighted by Crippen LogP contribution is -2.31. The molecule has 0 aromatic heterocycles. The molecule has 0 atom stereocenters. The maximum atomic E-state index is 13.4. The minimum Gasteiger partial charge on any atom is -0.493 e. The zero-order valence-corrected chi connectivity index (χ0v) is 23.5. The number of anilines is 3. The molecular weight excluding hydrogens is 570 g/mol. The maximum absolute atomic E-state index is 13.4. The molecule has 4 aromatic carbocycles. The van der Waals surface area contributed by atoms with E-state index in [1.807, 2.05) is 91.9 Å². The summed E-state index contributed by atoms with van der Waals surface area (Å²) in [5.41, 5.74) is 3.37. The number of nitrogens with zero attached hydrogens (tertiary/aromatic N) is 2. The molecule has 0 saturated heterocycles. The van der Waals surface area contributed by atoms with Gasteiger partial charge in [-0.05, 0) is 66.6 Å². The van der Waals surface area contributed by atoms with Crippen molar-refractivity contribution in [3.63, 3.8) is 0 Å². The van der Waals surface area contributed by atoms with Crippen LogP contribution in [0.2, 0.25) is 0 Å². The number of benzene rings is 4. The molecule has 0 saturated carbocycles. The van der Waals surface area contributed by atoms with Crippen LogP contribution in [-0.2, 0) is 9.59 Å². The van der Waals surface area contributed by atoms with Gasteiger partial charge in [0.15, 0.2) is 18.1 Å². The largest absolute Gasteiger partial charge is 0.493 e. The van der Waals surface area contributed by atoms with Crippen molar-refractivity contribution >= 4 is 50.9 Å². The van der Waals surface area contributed by atoms with E-state index in [9.17, 15) is 14.9 Å². The highest BCUT2D eigenvalue weighted by molar-refractivity contribution is 9.10. The summed E-state index contributed by atoms with van der Waals surface area (Å²) in [6, 6.07) is 31.2. The molecule has 0 bridgehead atoms. The molecule has 0 radical (unpaired) electrons. The molecule has 8 heteroatoms. The molecule has 0 fully saturated rings. The van der Waals surface area contributed by atoms with E-state index in [-0.39, 0.29) is 18.1 Å². The second kappa shape index (κ2) is 13.3. The predicted octanol–water partition coefficient (Wildman–Crippen LogP) is 7.06. The molecule has 40 heavy (non-hydrogen) atoms. The van der Waals surface area contributed by atoms with Crippen molar-refractivity contribution in [3.8, 4) is 17.6 Å². The molecule has 0 heterocycles. The fourth-order valence-corrected chi connectivity index (χ4v) is 4.37. The number of ether oxygens (including phenoxy) is 2. The van der Waals surface area contributed by atoms with Crippen LogP contribution in [0, 0.1) is 18.3 Å². The normalized spacial score (nSPS) is 10.8. The van der Waals surface area contributed by atoms with Gasteiger partial charge in [0.2, 0.25) is 0 Å². The van der Waals surface area contributed by atoms with Crippen molar-refractivity contribution in [1.29, 1.82) is 5.26 Å². The summed E-state index contributed by atoms with van der Waals surface area (Å²) in [5, 5.41) is 12.4. The highest BCUT2D eigenvalue weighted by atomic mass is 79.9. The number of aryl methyl sites for hydroxylation is 1. The van der Waals surface area contributed by atoms with Crippen molar-refractivity contribution in [2.24, 2.45) is 0 Å². The van der Waals surface area contributed by atoms with Crippen LogP contribution in [0.5, 0.6) is 11.5 Å². The van der Waals surface area contributed by atoms with E-state index in [4.69, 9.17) is 9.47 Å². The lowest BCUT2D eigenvalue weighted by Gasteiger charge is -2.23. The topological polar surface area (TPSA) is 91.7 Å². The smallest absolute Gasteiger partial charge is 0.269 e. The van der Waals surface area contributed by atoms with Gasteiger partial charge in [-0.15, -0.1) is 0 Å². The van der Waals surface area contributed by atoms with Crippen LogP contribution in [0.4, 0.5) is 17.1 Å². The second-order valence-corrected chi connectivity index (χ2v) is 9.51. The van der Waals surface area contributed by atoms with Crippen LogP contribution < -0.4 is 19.7 Å². The molecule has 200 valence electrons. The van der Waals surface area contributed by atoms with Crippen molar-refractivity contribution in [2.75, 3.05) is 23.9 Å². The van der Waals surface area contributed by atoms with E-state index in [0.29, 0.717) is 38.6 Å². The first-order valence-corrected chi connectivity index (χ1v) is 13.1. The monoisotopic (exact) mass is 595 g/mol. The van der Waals surface area contributed by atoms with Gasteiger partial charge >= 0.3 is 0 Å². The number of nitriles is 1. The first kappa shape index (κ1) is 28.1. The SMILES string of the molecule is COc1cc(/C=C(/C#N)C(=O)Nc2ccccc2C)c(Br)cc1OCC(=O)N(c1ccccc1)c1ccccc1. The number of halogens is 1. The molecule has 0 unspecified atom stereocenters. The third kappa shape index (κ3) is 6.76. The van der Waals surface area contributed by atoms with Gasteiger partial charge < -0.3 is 14.8 Å². The number of carbonyl (C=O) groups is 2. The Morgan fingerprint density at radius 2 is 1.52 bits per heavy atom. The lowest BCUT2D eigenvalue weighted by atomic mass is 10.1. The molecule has 4 aromatic rings. The molecule has 1 N–H and O–H groups in total. The van der Waals surface area contributed by atoms with Gasteiger partial charge in [-0.3, -0.25) is 14.5 Å². The zero-order chi connectivity index (χ0) is 28.5. The highest BCUT2D eigenvalue weighted by Gasteiger charge is 2.20. The minimum absolute atomic E-state index is 0.0868. The van der Waals surface area contributed by atoms with Gasteiger partial charge in [0.25, 0.3) is 11.8 Å². The molecule has 0 aliphatic carbocycles. The number of methoxy groups -OCH3 is 1. The quantitative estimate of drug-likeness (QED) is 0.165. The lowest BCUT2D eigenvalue weighted by molar-refractivity contribution is -0.119. The van der Waals surface area contributed by atoms with Gasteiger partial charge in [-0.2, -0.15) is 5.26 Å². The molecule has 0 aliphatic heterocycles. The third-order valence-corrected chi connectivity index (χ3v) is 6.66. The Labute approximate surface area is 241 Å². The van der Waals surface area contributed by atoms with Gasteiger partial charge in [0.1, 0.15) is 11.6 Å². The summed E-state index contributed by atoms with van der Waals surface area (Å²) in [4.78, 5) is 27.7. The van der Waals surface area contributed by atoms with Crippen molar-refractivity contribution in [2.45, 2.75) is 6.92 Å². The van der Waals surface area contributed by atoms with E-state index in [1.165, 1.54) is 13.2 Å². The summed E-state index contributed by atoms with van der Waals surface area (Å²) in [7, 11) is 1.47. The summed E-state index contributed by atoms with van der Waals surface area (Å²) in [5.74, 6) is -0.150. The van der Waals surface area contributed by atoms with Crippen LogP contribution in [-0.4, -0.2) is 25.5 Å². The molecule has 2 amide bonds. The van der Waals surface area contributed by atoms with E-state index < -0.39 is 5.91 Å². The Bertz CT molecular complexity index is 1540. The van der Waals surface area contributed by atoms with Crippen molar-refractivity contribution < 1.29 is 19.1 Å². The molecule has 4 rings (SSSR count). The van der Waals surface area contributed by atoms with Crippen LogP contribution in [0.3, 0.4) is 0 Å². The third-order valence-electron chi connectivity index (χ3n) is 5.97. The fraction of sp³-hybridized carbons (Fsp3) is 0.0938. The van der Waals surface area contributed by atoms with Crippen molar-refractivity contribution in [3.05, 3.63) is 118 Å². The van der Waals surface area contributed by atoms with Crippen LogP contribution in [0.1, 0.15) is 11.1 Å². The Hall–Kier alpha value is -4.87. The predicted molar refractivity (Wildman–Crippen MR) is 160 cm³/mol. The number of hydrogen-bond acceptors (Lipinski definition) is 5. The number of nitrogens with one attached hydrogen (secondary N) is 1. The summed E-state index contributed by atoms with van der Waals surface area (Å²) in [6.07, 6.45) is 1.46. The number of para-hydroxylation sites is 3. The van der Waals surface area contributed by atoms with Gasteiger partial charge in [0, 0.05) is 21.5 Å². The van der Waals surface area contributed by atoms with E-state index in [1.54, 1.807) is 23.1 Å². The van der Waals surface area contributed by atoms with Gasteiger partial charge in [-0.25, -0.2) is 0 Å². The second-order valence-electron chi connectivity index (χ2n) is 8.65. The Morgan fingerprint density at radius 1 is 0.925 bits per heavy atom. The standard InChI is InChI=1S/C32H26BrN3O4/c1-22-11-9-10-16-28(22)35-32(38)24(20-34)17-23-18-29(39-2)30(19-27(23)33)40-21-31(37)36(25-12-5-3-6-13-25)26-14-7-4-8-15-26/h3-19H,21H2,1-2H3,(H,35,38)/b24-17-. The van der Waals surface area contributed by atoms with E-state index >= 15 is 0 Å². The average Bonchev–Trinajstić information content (AvgIpc) is 2.98. The number of hydrogen-bond donors (Lipinski definition) is 1. The van der Waals surface area contributed by atoms with Crippen LogP contribution >= 0.6 is 15.9 Å². The highest BCUT2D eigenvalue weighted by Crippen LogP contribution is 2.35. The van der Waals surface area contributed by atoms with Crippen LogP contribution in [0.25, 0.3) is 6.08 Å². The first-order valence-electron chi connectivity index (χ1n) is 12.3. The van der Waals surface area contributed by atoms with Gasteiger partial charge in [0.05, 0.1) is 7.11 Å². The Kier molecular flexibility index (Phi) is 9.34. The van der Waals surface area contributed by atoms with Crippen molar-refractivity contribution in [1.82, 2.24) is 0 Å². The molecule has 0 spiro atoms.